The molecule has 0 saturated heterocycles. The molecule has 2 heterocycles. The predicted octanol–water partition coefficient (Wildman–Crippen LogP) is 5.64. The van der Waals surface area contributed by atoms with Gasteiger partial charge in [-0.05, 0) is 31.2 Å². The third-order valence-electron chi connectivity index (χ3n) is 4.06. The summed E-state index contributed by atoms with van der Waals surface area (Å²) >= 11 is 13.1. The summed E-state index contributed by atoms with van der Waals surface area (Å²) in [6, 6.07) is 12.7. The average Bonchev–Trinajstić information content (AvgIpc) is 3.30. The Morgan fingerprint density at radius 3 is 2.86 bits per heavy atom. The van der Waals surface area contributed by atoms with Gasteiger partial charge in [-0.15, -0.1) is 10.2 Å². The number of hydrogen-bond donors (Lipinski definition) is 2. The topological polar surface area (TPSA) is 83.8 Å². The van der Waals surface area contributed by atoms with Crippen LogP contribution < -0.4 is 5.32 Å². The van der Waals surface area contributed by atoms with Crippen LogP contribution in [0.1, 0.15) is 6.92 Å². The minimum Gasteiger partial charge on any atom is -0.411 e. The zero-order chi connectivity index (χ0) is 19.7. The first-order valence-electron chi connectivity index (χ1n) is 8.34. The molecule has 6 nitrogen and oxygen atoms in total. The molecule has 0 aliphatic rings. The zero-order valence-electron chi connectivity index (χ0n) is 14.6. The maximum atomic E-state index is 12.4. The van der Waals surface area contributed by atoms with Crippen LogP contribution in [0.15, 0.2) is 58.3 Å². The minimum absolute atomic E-state index is 0.235. The molecule has 0 radical (unpaired) electrons. The van der Waals surface area contributed by atoms with Crippen molar-refractivity contribution in [2.45, 2.75) is 17.4 Å². The number of anilines is 1. The molecule has 0 saturated carbocycles. The van der Waals surface area contributed by atoms with Crippen LogP contribution in [0, 0.1) is 0 Å². The molecule has 0 aliphatic carbocycles. The summed E-state index contributed by atoms with van der Waals surface area (Å²) in [7, 11) is 0. The summed E-state index contributed by atoms with van der Waals surface area (Å²) in [5.74, 6) is 0.161. The van der Waals surface area contributed by atoms with Gasteiger partial charge < -0.3 is 14.7 Å². The summed E-state index contributed by atoms with van der Waals surface area (Å²) in [5.41, 5.74) is 2.30. The molecule has 2 aromatic heterocycles. The Balaban J connectivity index is 1.46. The molecular weight excluding hydrogens is 419 g/mol. The van der Waals surface area contributed by atoms with Crippen molar-refractivity contribution in [2.75, 3.05) is 5.32 Å². The van der Waals surface area contributed by atoms with Crippen molar-refractivity contribution >= 4 is 57.5 Å². The number of amides is 1. The molecule has 1 unspecified atom stereocenters. The van der Waals surface area contributed by atoms with Gasteiger partial charge in [0.2, 0.25) is 5.91 Å². The molecule has 142 valence electrons. The zero-order valence-corrected chi connectivity index (χ0v) is 16.9. The second-order valence-electron chi connectivity index (χ2n) is 5.99. The van der Waals surface area contributed by atoms with Crippen molar-refractivity contribution in [1.29, 1.82) is 0 Å². The largest absolute Gasteiger partial charge is 0.411 e. The summed E-state index contributed by atoms with van der Waals surface area (Å²) < 4.78 is 5.74. The standard InChI is InChI=1S/C19H14Cl2N4O2S/c1-10(17(26)23-16-7-6-11(20)8-14(16)21)28-19-25-24-18(27-19)13-9-22-15-5-3-2-4-12(13)15/h2-10,22H,1H3,(H,23,26). The molecule has 0 bridgehead atoms. The number of nitrogens with zero attached hydrogens (tertiary/aromatic N) is 2. The number of H-pyrrole nitrogens is 1. The first kappa shape index (κ1) is 18.9. The lowest BCUT2D eigenvalue weighted by molar-refractivity contribution is -0.115. The van der Waals surface area contributed by atoms with E-state index in [-0.39, 0.29) is 5.91 Å². The molecule has 1 atom stereocenters. The first-order chi connectivity index (χ1) is 13.5. The molecule has 4 aromatic rings. The van der Waals surface area contributed by atoms with E-state index in [1.54, 1.807) is 25.1 Å². The molecule has 4 rings (SSSR count). The lowest BCUT2D eigenvalue weighted by Gasteiger charge is -2.11. The number of hydrogen-bond acceptors (Lipinski definition) is 5. The van der Waals surface area contributed by atoms with Crippen molar-refractivity contribution < 1.29 is 9.21 Å². The number of rotatable bonds is 5. The van der Waals surface area contributed by atoms with Crippen molar-refractivity contribution in [3.05, 3.63) is 58.7 Å². The summed E-state index contributed by atoms with van der Waals surface area (Å²) in [6.45, 7) is 1.75. The van der Waals surface area contributed by atoms with E-state index in [0.717, 1.165) is 16.5 Å². The summed E-state index contributed by atoms with van der Waals surface area (Å²) in [5, 5.41) is 12.6. The fourth-order valence-electron chi connectivity index (χ4n) is 2.64. The highest BCUT2D eigenvalue weighted by Crippen LogP contribution is 2.31. The molecule has 2 N–H and O–H groups in total. The monoisotopic (exact) mass is 432 g/mol. The molecule has 2 aromatic carbocycles. The minimum atomic E-state index is -0.469. The van der Waals surface area contributed by atoms with Gasteiger partial charge in [0, 0.05) is 22.1 Å². The van der Waals surface area contributed by atoms with Crippen LogP contribution in [0.3, 0.4) is 0 Å². The van der Waals surface area contributed by atoms with Crippen LogP contribution in [0.2, 0.25) is 10.0 Å². The van der Waals surface area contributed by atoms with E-state index in [4.69, 9.17) is 27.6 Å². The van der Waals surface area contributed by atoms with Crippen molar-refractivity contribution in [1.82, 2.24) is 15.2 Å². The molecular formula is C19H14Cl2N4O2S. The number of halogens is 2. The molecule has 0 aliphatic heterocycles. The normalized spacial score (nSPS) is 12.2. The number of nitrogens with one attached hydrogen (secondary N) is 2. The Bertz CT molecular complexity index is 1160. The predicted molar refractivity (Wildman–Crippen MR) is 112 cm³/mol. The lowest BCUT2D eigenvalue weighted by atomic mass is 10.2. The Morgan fingerprint density at radius 1 is 1.21 bits per heavy atom. The fraction of sp³-hybridized carbons (Fsp3) is 0.105. The van der Waals surface area contributed by atoms with Gasteiger partial charge in [-0.2, -0.15) is 0 Å². The van der Waals surface area contributed by atoms with E-state index >= 15 is 0 Å². The van der Waals surface area contributed by atoms with Crippen molar-refractivity contribution in [3.8, 4) is 11.5 Å². The molecule has 0 spiro atoms. The highest BCUT2D eigenvalue weighted by molar-refractivity contribution is 8.00. The van der Waals surface area contributed by atoms with E-state index in [0.29, 0.717) is 26.8 Å². The van der Waals surface area contributed by atoms with Gasteiger partial charge in [0.05, 0.1) is 21.5 Å². The fourth-order valence-corrected chi connectivity index (χ4v) is 3.78. The van der Waals surface area contributed by atoms with Gasteiger partial charge in [-0.25, -0.2) is 0 Å². The van der Waals surface area contributed by atoms with Crippen LogP contribution in [0.5, 0.6) is 0 Å². The number of aromatic nitrogens is 3. The van der Waals surface area contributed by atoms with E-state index in [1.807, 2.05) is 30.5 Å². The number of para-hydroxylation sites is 1. The number of thioether (sulfide) groups is 1. The van der Waals surface area contributed by atoms with E-state index in [1.165, 1.54) is 11.8 Å². The van der Waals surface area contributed by atoms with Gasteiger partial charge in [0.25, 0.3) is 11.1 Å². The summed E-state index contributed by atoms with van der Waals surface area (Å²) in [6.07, 6.45) is 1.82. The van der Waals surface area contributed by atoms with Crippen LogP contribution >= 0.6 is 35.0 Å². The maximum Gasteiger partial charge on any atom is 0.277 e. The number of fused-ring (bicyclic) bond motifs is 1. The highest BCUT2D eigenvalue weighted by atomic mass is 35.5. The molecule has 1 amide bonds. The molecule has 9 heteroatoms. The van der Waals surface area contributed by atoms with Crippen LogP contribution in [0.25, 0.3) is 22.4 Å². The number of benzene rings is 2. The molecule has 28 heavy (non-hydrogen) atoms. The van der Waals surface area contributed by atoms with E-state index in [9.17, 15) is 4.79 Å². The van der Waals surface area contributed by atoms with Gasteiger partial charge in [-0.3, -0.25) is 4.79 Å². The van der Waals surface area contributed by atoms with Crippen molar-refractivity contribution in [3.63, 3.8) is 0 Å². The average molecular weight is 433 g/mol. The van der Waals surface area contributed by atoms with Crippen LogP contribution in [-0.2, 0) is 4.79 Å². The Labute approximate surface area is 174 Å². The van der Waals surface area contributed by atoms with Gasteiger partial charge >= 0.3 is 0 Å². The second kappa shape index (κ2) is 7.87. The number of carbonyl (C=O) groups excluding carboxylic acids is 1. The SMILES string of the molecule is CC(Sc1nnc(-c2c[nH]c3ccccc23)o1)C(=O)Nc1ccc(Cl)cc1Cl. The van der Waals surface area contributed by atoms with E-state index in [2.05, 4.69) is 20.5 Å². The molecule has 0 fully saturated rings. The second-order valence-corrected chi connectivity index (χ2v) is 8.13. The van der Waals surface area contributed by atoms with Gasteiger partial charge in [0.15, 0.2) is 0 Å². The van der Waals surface area contributed by atoms with Gasteiger partial charge in [0.1, 0.15) is 0 Å². The smallest absolute Gasteiger partial charge is 0.277 e. The summed E-state index contributed by atoms with van der Waals surface area (Å²) in [4.78, 5) is 15.6. The third kappa shape index (κ3) is 3.87. The van der Waals surface area contributed by atoms with Crippen LogP contribution in [0.4, 0.5) is 5.69 Å². The Hall–Kier alpha value is -2.48. The number of aromatic amines is 1. The number of carbonyl (C=O) groups is 1. The van der Waals surface area contributed by atoms with Gasteiger partial charge in [-0.1, -0.05) is 53.2 Å². The highest BCUT2D eigenvalue weighted by Gasteiger charge is 2.20. The Morgan fingerprint density at radius 2 is 2.04 bits per heavy atom. The Kier molecular flexibility index (Phi) is 5.30. The van der Waals surface area contributed by atoms with Crippen LogP contribution in [-0.4, -0.2) is 26.3 Å². The quantitative estimate of drug-likeness (QED) is 0.398. The first-order valence-corrected chi connectivity index (χ1v) is 9.97. The van der Waals surface area contributed by atoms with Crippen molar-refractivity contribution in [2.24, 2.45) is 0 Å². The maximum absolute atomic E-state index is 12.4. The lowest BCUT2D eigenvalue weighted by Crippen LogP contribution is -2.22. The van der Waals surface area contributed by atoms with E-state index < -0.39 is 5.25 Å². The third-order valence-corrected chi connectivity index (χ3v) is 5.54.